The van der Waals surface area contributed by atoms with Gasteiger partial charge in [0.05, 0.1) is 11.6 Å². The molecule has 1 unspecified atom stereocenters. The van der Waals surface area contributed by atoms with Crippen molar-refractivity contribution in [3.8, 4) is 0 Å². The van der Waals surface area contributed by atoms with Crippen LogP contribution in [0.1, 0.15) is 51.9 Å². The molecule has 1 aromatic carbocycles. The number of carbonyl (C=O) groups is 3. The molecule has 1 aromatic heterocycles. The number of amides is 2. The van der Waals surface area contributed by atoms with E-state index in [1.54, 1.807) is 32.0 Å². The maximum atomic E-state index is 12.8. The SMILES string of the molecule is CCOC(=O)c1sc(NC(=O)C(NC(=O)c2ccccc2C)C(C)C)cc1C. The summed E-state index contributed by atoms with van der Waals surface area (Å²) in [4.78, 5) is 37.8. The van der Waals surface area contributed by atoms with Crippen LogP contribution in [0.4, 0.5) is 5.00 Å². The van der Waals surface area contributed by atoms with Crippen LogP contribution in [0.3, 0.4) is 0 Å². The Hall–Kier alpha value is -2.67. The normalized spacial score (nSPS) is 11.8. The Labute approximate surface area is 169 Å². The summed E-state index contributed by atoms with van der Waals surface area (Å²) in [7, 11) is 0. The van der Waals surface area contributed by atoms with Crippen molar-refractivity contribution in [2.24, 2.45) is 5.92 Å². The van der Waals surface area contributed by atoms with E-state index >= 15 is 0 Å². The Kier molecular flexibility index (Phi) is 7.34. The zero-order valence-electron chi connectivity index (χ0n) is 16.8. The molecule has 7 heteroatoms. The van der Waals surface area contributed by atoms with Crippen molar-refractivity contribution in [3.05, 3.63) is 51.9 Å². The molecule has 150 valence electrons. The van der Waals surface area contributed by atoms with Crippen LogP contribution in [0.5, 0.6) is 0 Å². The van der Waals surface area contributed by atoms with Crippen molar-refractivity contribution in [3.63, 3.8) is 0 Å². The van der Waals surface area contributed by atoms with Gasteiger partial charge in [-0.15, -0.1) is 11.3 Å². The first-order valence-electron chi connectivity index (χ1n) is 9.19. The van der Waals surface area contributed by atoms with E-state index in [2.05, 4.69) is 10.6 Å². The molecule has 1 atom stereocenters. The van der Waals surface area contributed by atoms with Gasteiger partial charge in [0, 0.05) is 5.56 Å². The first kappa shape index (κ1) is 21.6. The molecule has 0 radical (unpaired) electrons. The molecule has 0 aliphatic rings. The van der Waals surface area contributed by atoms with Crippen molar-refractivity contribution in [1.29, 1.82) is 0 Å². The van der Waals surface area contributed by atoms with Gasteiger partial charge in [0.1, 0.15) is 10.9 Å². The average Bonchev–Trinajstić information content (AvgIpc) is 2.99. The number of benzene rings is 1. The fourth-order valence-corrected chi connectivity index (χ4v) is 3.69. The van der Waals surface area contributed by atoms with Crippen molar-refractivity contribution in [1.82, 2.24) is 5.32 Å². The van der Waals surface area contributed by atoms with Crippen molar-refractivity contribution in [2.45, 2.75) is 40.7 Å². The van der Waals surface area contributed by atoms with Crippen LogP contribution in [-0.2, 0) is 9.53 Å². The van der Waals surface area contributed by atoms with Crippen LogP contribution >= 0.6 is 11.3 Å². The molecule has 0 spiro atoms. The minimum absolute atomic E-state index is 0.112. The third-order valence-electron chi connectivity index (χ3n) is 4.25. The minimum atomic E-state index is -0.708. The number of esters is 1. The second kappa shape index (κ2) is 9.50. The number of ether oxygens (including phenoxy) is 1. The summed E-state index contributed by atoms with van der Waals surface area (Å²) in [5, 5.41) is 6.17. The van der Waals surface area contributed by atoms with Gasteiger partial charge in [-0.05, 0) is 49.9 Å². The molecule has 2 amide bonds. The van der Waals surface area contributed by atoms with E-state index in [1.165, 1.54) is 0 Å². The monoisotopic (exact) mass is 402 g/mol. The van der Waals surface area contributed by atoms with E-state index in [-0.39, 0.29) is 24.3 Å². The number of rotatable bonds is 7. The van der Waals surface area contributed by atoms with E-state index in [1.807, 2.05) is 32.9 Å². The number of hydrogen-bond acceptors (Lipinski definition) is 5. The Bertz CT molecular complexity index is 873. The summed E-state index contributed by atoms with van der Waals surface area (Å²) in [6, 6.07) is 8.26. The first-order valence-corrected chi connectivity index (χ1v) is 10.0. The van der Waals surface area contributed by atoms with Crippen LogP contribution in [-0.4, -0.2) is 30.4 Å². The largest absolute Gasteiger partial charge is 0.462 e. The van der Waals surface area contributed by atoms with Gasteiger partial charge in [-0.2, -0.15) is 0 Å². The smallest absolute Gasteiger partial charge is 0.348 e. The summed E-state index contributed by atoms with van der Waals surface area (Å²) in [6.45, 7) is 9.41. The Morgan fingerprint density at radius 1 is 1.11 bits per heavy atom. The summed E-state index contributed by atoms with van der Waals surface area (Å²) in [5.41, 5.74) is 2.12. The zero-order valence-corrected chi connectivity index (χ0v) is 17.6. The lowest BCUT2D eigenvalue weighted by Gasteiger charge is -2.21. The second-order valence-electron chi connectivity index (χ2n) is 6.84. The third kappa shape index (κ3) is 5.19. The number of carbonyl (C=O) groups excluding carboxylic acids is 3. The molecule has 0 bridgehead atoms. The molecule has 28 heavy (non-hydrogen) atoms. The van der Waals surface area contributed by atoms with Crippen LogP contribution in [0.15, 0.2) is 30.3 Å². The van der Waals surface area contributed by atoms with Gasteiger partial charge >= 0.3 is 5.97 Å². The van der Waals surface area contributed by atoms with Gasteiger partial charge in [0.15, 0.2) is 0 Å². The average molecular weight is 403 g/mol. The molecule has 1 heterocycles. The highest BCUT2D eigenvalue weighted by atomic mass is 32.1. The van der Waals surface area contributed by atoms with Crippen molar-refractivity contribution >= 4 is 34.1 Å². The predicted octanol–water partition coefficient (Wildman–Crippen LogP) is 3.93. The molecule has 0 saturated carbocycles. The van der Waals surface area contributed by atoms with Gasteiger partial charge in [-0.3, -0.25) is 9.59 Å². The van der Waals surface area contributed by atoms with E-state index in [0.717, 1.165) is 22.5 Å². The molecular formula is C21H26N2O4S. The standard InChI is InChI=1S/C21H26N2O4S/c1-6-27-21(26)18-14(5)11-16(28-18)22-20(25)17(12(2)3)23-19(24)15-10-8-7-9-13(15)4/h7-12,17H,6H2,1-5H3,(H,22,25)(H,23,24). The second-order valence-corrected chi connectivity index (χ2v) is 7.89. The molecule has 0 fully saturated rings. The first-order chi connectivity index (χ1) is 13.2. The lowest BCUT2D eigenvalue weighted by atomic mass is 10.0. The summed E-state index contributed by atoms with van der Waals surface area (Å²) >= 11 is 1.16. The number of nitrogens with one attached hydrogen (secondary N) is 2. The lowest BCUT2D eigenvalue weighted by Crippen LogP contribution is -2.47. The van der Waals surface area contributed by atoms with E-state index in [9.17, 15) is 14.4 Å². The highest BCUT2D eigenvalue weighted by Gasteiger charge is 2.26. The molecular weight excluding hydrogens is 376 g/mol. The van der Waals surface area contributed by atoms with E-state index in [4.69, 9.17) is 4.74 Å². The number of hydrogen-bond donors (Lipinski definition) is 2. The van der Waals surface area contributed by atoms with Gasteiger partial charge in [0.25, 0.3) is 5.91 Å². The Morgan fingerprint density at radius 3 is 2.39 bits per heavy atom. The van der Waals surface area contributed by atoms with Crippen molar-refractivity contribution < 1.29 is 19.1 Å². The predicted molar refractivity (Wildman–Crippen MR) is 111 cm³/mol. The van der Waals surface area contributed by atoms with Gasteiger partial charge in [-0.25, -0.2) is 4.79 Å². The summed E-state index contributed by atoms with van der Waals surface area (Å²) < 4.78 is 5.03. The fourth-order valence-electron chi connectivity index (χ4n) is 2.72. The molecule has 2 rings (SSSR count). The number of aryl methyl sites for hydroxylation is 2. The topological polar surface area (TPSA) is 84.5 Å². The molecule has 6 nitrogen and oxygen atoms in total. The van der Waals surface area contributed by atoms with Gasteiger partial charge in [0.2, 0.25) is 5.91 Å². The minimum Gasteiger partial charge on any atom is -0.462 e. The molecule has 0 aliphatic carbocycles. The highest BCUT2D eigenvalue weighted by Crippen LogP contribution is 2.27. The van der Waals surface area contributed by atoms with E-state index < -0.39 is 12.0 Å². The van der Waals surface area contributed by atoms with Gasteiger partial charge in [-0.1, -0.05) is 32.0 Å². The maximum Gasteiger partial charge on any atom is 0.348 e. The van der Waals surface area contributed by atoms with Crippen LogP contribution < -0.4 is 10.6 Å². The van der Waals surface area contributed by atoms with Crippen LogP contribution in [0.25, 0.3) is 0 Å². The molecule has 0 saturated heterocycles. The fraction of sp³-hybridized carbons (Fsp3) is 0.381. The van der Waals surface area contributed by atoms with Crippen LogP contribution in [0.2, 0.25) is 0 Å². The van der Waals surface area contributed by atoms with Gasteiger partial charge < -0.3 is 15.4 Å². The number of thiophene rings is 1. The summed E-state index contributed by atoms with van der Waals surface area (Å²) in [5.74, 6) is -1.13. The highest BCUT2D eigenvalue weighted by molar-refractivity contribution is 7.18. The van der Waals surface area contributed by atoms with E-state index in [0.29, 0.717) is 15.4 Å². The number of anilines is 1. The molecule has 2 N–H and O–H groups in total. The zero-order chi connectivity index (χ0) is 20.8. The van der Waals surface area contributed by atoms with Crippen molar-refractivity contribution in [2.75, 3.05) is 11.9 Å². The molecule has 0 aliphatic heterocycles. The molecule has 2 aromatic rings. The lowest BCUT2D eigenvalue weighted by molar-refractivity contribution is -0.118. The third-order valence-corrected chi connectivity index (χ3v) is 5.38. The maximum absolute atomic E-state index is 12.8. The summed E-state index contributed by atoms with van der Waals surface area (Å²) in [6.07, 6.45) is 0. The Balaban J connectivity index is 2.13. The Morgan fingerprint density at radius 2 is 1.79 bits per heavy atom. The van der Waals surface area contributed by atoms with Crippen LogP contribution in [0, 0.1) is 19.8 Å². The quantitative estimate of drug-likeness (QED) is 0.687.